The van der Waals surface area contributed by atoms with E-state index in [2.05, 4.69) is 30.3 Å². The molecule has 0 saturated heterocycles. The van der Waals surface area contributed by atoms with Crippen LogP contribution in [0.15, 0.2) is 34.7 Å². The fourth-order valence-corrected chi connectivity index (χ4v) is 4.86. The molecule has 1 saturated carbocycles. The lowest BCUT2D eigenvalue weighted by molar-refractivity contribution is 0.446. The van der Waals surface area contributed by atoms with Gasteiger partial charge in [-0.05, 0) is 55.0 Å². The maximum Gasteiger partial charge on any atom is 0.142 e. The Kier molecular flexibility index (Phi) is 3.21. The van der Waals surface area contributed by atoms with Crippen molar-refractivity contribution in [2.75, 3.05) is 0 Å². The maximum atomic E-state index is 6.35. The SMILES string of the molecule is c1ccc2c(c1)c(C1CCCCC1)cc1c3c(oc12)CCCC3. The van der Waals surface area contributed by atoms with Gasteiger partial charge in [-0.3, -0.25) is 0 Å². The van der Waals surface area contributed by atoms with Crippen molar-refractivity contribution < 1.29 is 4.42 Å². The Bertz CT molecular complexity index is 864. The van der Waals surface area contributed by atoms with E-state index in [1.165, 1.54) is 78.8 Å². The summed E-state index contributed by atoms with van der Waals surface area (Å²) in [5.74, 6) is 2.00. The fraction of sp³-hybridized carbons (Fsp3) is 0.455. The molecule has 1 fully saturated rings. The lowest BCUT2D eigenvalue weighted by Gasteiger charge is -2.23. The number of hydrogen-bond acceptors (Lipinski definition) is 1. The van der Waals surface area contributed by atoms with Gasteiger partial charge in [0.25, 0.3) is 0 Å². The molecule has 1 aromatic heterocycles. The first-order chi connectivity index (χ1) is 11.4. The van der Waals surface area contributed by atoms with Crippen molar-refractivity contribution in [3.8, 4) is 0 Å². The third-order valence-electron chi connectivity index (χ3n) is 6.04. The molecule has 118 valence electrons. The van der Waals surface area contributed by atoms with Crippen LogP contribution in [0.25, 0.3) is 21.7 Å². The zero-order chi connectivity index (χ0) is 15.2. The second kappa shape index (κ2) is 5.40. The molecule has 0 aliphatic heterocycles. The Morgan fingerprint density at radius 1 is 0.783 bits per heavy atom. The molecule has 2 aliphatic carbocycles. The predicted molar refractivity (Wildman–Crippen MR) is 96.2 cm³/mol. The van der Waals surface area contributed by atoms with Crippen molar-refractivity contribution in [2.45, 2.75) is 63.7 Å². The van der Waals surface area contributed by atoms with E-state index in [1.807, 2.05) is 0 Å². The molecule has 0 N–H and O–H groups in total. The Morgan fingerprint density at radius 3 is 2.43 bits per heavy atom. The first-order valence-corrected chi connectivity index (χ1v) is 9.38. The van der Waals surface area contributed by atoms with Gasteiger partial charge in [-0.15, -0.1) is 0 Å². The standard InChI is InChI=1S/C22H24O/c1-2-8-15(9-3-1)19-14-20-17-11-6-7-13-21(17)23-22(20)18-12-5-4-10-16(18)19/h4-5,10,12,14-15H,1-3,6-9,11,13H2. The lowest BCUT2D eigenvalue weighted by Crippen LogP contribution is -2.05. The number of fused-ring (bicyclic) bond motifs is 5. The van der Waals surface area contributed by atoms with Gasteiger partial charge in [0.15, 0.2) is 0 Å². The Balaban J connectivity index is 1.81. The second-order valence-electron chi connectivity index (χ2n) is 7.43. The van der Waals surface area contributed by atoms with Gasteiger partial charge >= 0.3 is 0 Å². The summed E-state index contributed by atoms with van der Waals surface area (Å²) < 4.78 is 6.35. The monoisotopic (exact) mass is 304 g/mol. The number of hydrogen-bond donors (Lipinski definition) is 0. The van der Waals surface area contributed by atoms with E-state index in [1.54, 1.807) is 5.56 Å². The maximum absolute atomic E-state index is 6.35. The molecule has 1 nitrogen and oxygen atoms in total. The summed E-state index contributed by atoms with van der Waals surface area (Å²) in [5.41, 5.74) is 4.24. The van der Waals surface area contributed by atoms with Crippen LogP contribution in [0.3, 0.4) is 0 Å². The molecule has 2 aromatic carbocycles. The number of rotatable bonds is 1. The summed E-state index contributed by atoms with van der Waals surface area (Å²) >= 11 is 0. The van der Waals surface area contributed by atoms with Gasteiger partial charge < -0.3 is 4.42 Å². The van der Waals surface area contributed by atoms with Crippen molar-refractivity contribution in [1.29, 1.82) is 0 Å². The predicted octanol–water partition coefficient (Wildman–Crippen LogP) is 6.51. The van der Waals surface area contributed by atoms with Crippen LogP contribution < -0.4 is 0 Å². The number of furan rings is 1. The summed E-state index contributed by atoms with van der Waals surface area (Å²) in [7, 11) is 0. The molecule has 0 spiro atoms. The number of aryl methyl sites for hydroxylation is 2. The van der Waals surface area contributed by atoms with Crippen LogP contribution in [0, 0.1) is 0 Å². The molecule has 1 heterocycles. The van der Waals surface area contributed by atoms with Crippen molar-refractivity contribution in [2.24, 2.45) is 0 Å². The van der Waals surface area contributed by atoms with Crippen LogP contribution in [0.2, 0.25) is 0 Å². The van der Waals surface area contributed by atoms with E-state index in [0.717, 1.165) is 17.9 Å². The van der Waals surface area contributed by atoms with Gasteiger partial charge in [-0.25, -0.2) is 0 Å². The van der Waals surface area contributed by atoms with E-state index in [4.69, 9.17) is 4.42 Å². The van der Waals surface area contributed by atoms with Gasteiger partial charge in [-0.2, -0.15) is 0 Å². The first kappa shape index (κ1) is 13.7. The van der Waals surface area contributed by atoms with Crippen molar-refractivity contribution in [3.05, 3.63) is 47.2 Å². The topological polar surface area (TPSA) is 13.1 Å². The van der Waals surface area contributed by atoms with Gasteiger partial charge in [-0.1, -0.05) is 43.5 Å². The Labute approximate surface area is 137 Å². The molecule has 3 aromatic rings. The van der Waals surface area contributed by atoms with E-state index in [9.17, 15) is 0 Å². The first-order valence-electron chi connectivity index (χ1n) is 9.38. The molecule has 0 amide bonds. The van der Waals surface area contributed by atoms with Crippen molar-refractivity contribution in [3.63, 3.8) is 0 Å². The number of benzene rings is 2. The lowest BCUT2D eigenvalue weighted by atomic mass is 9.81. The average Bonchev–Trinajstić information content (AvgIpc) is 3.01. The molecule has 0 bridgehead atoms. The largest absolute Gasteiger partial charge is 0.460 e. The van der Waals surface area contributed by atoms with Gasteiger partial charge in [0.05, 0.1) is 0 Å². The highest BCUT2D eigenvalue weighted by molar-refractivity contribution is 6.07. The summed E-state index contributed by atoms with van der Waals surface area (Å²) in [6.45, 7) is 0. The molecular formula is C22H24O. The highest BCUT2D eigenvalue weighted by Gasteiger charge is 2.23. The van der Waals surface area contributed by atoms with E-state index in [0.29, 0.717) is 0 Å². The Hall–Kier alpha value is -1.76. The highest BCUT2D eigenvalue weighted by atomic mass is 16.3. The Morgan fingerprint density at radius 2 is 1.57 bits per heavy atom. The molecule has 1 heteroatoms. The molecule has 0 radical (unpaired) electrons. The van der Waals surface area contributed by atoms with Gasteiger partial charge in [0.2, 0.25) is 0 Å². The second-order valence-corrected chi connectivity index (χ2v) is 7.43. The normalized spacial score (nSPS) is 19.3. The summed E-state index contributed by atoms with van der Waals surface area (Å²) in [4.78, 5) is 0. The minimum atomic E-state index is 0.743. The van der Waals surface area contributed by atoms with Crippen LogP contribution >= 0.6 is 0 Å². The van der Waals surface area contributed by atoms with Gasteiger partial charge in [0.1, 0.15) is 11.3 Å². The molecule has 23 heavy (non-hydrogen) atoms. The fourth-order valence-electron chi connectivity index (χ4n) is 4.86. The van der Waals surface area contributed by atoms with E-state index >= 15 is 0 Å². The van der Waals surface area contributed by atoms with E-state index in [-0.39, 0.29) is 0 Å². The van der Waals surface area contributed by atoms with Crippen LogP contribution in [0.1, 0.15) is 67.8 Å². The highest BCUT2D eigenvalue weighted by Crippen LogP contribution is 2.42. The minimum Gasteiger partial charge on any atom is -0.460 e. The van der Waals surface area contributed by atoms with Crippen molar-refractivity contribution in [1.82, 2.24) is 0 Å². The molecular weight excluding hydrogens is 280 g/mol. The molecule has 5 rings (SSSR count). The molecule has 0 unspecified atom stereocenters. The zero-order valence-electron chi connectivity index (χ0n) is 13.7. The van der Waals surface area contributed by atoms with Crippen LogP contribution in [0.5, 0.6) is 0 Å². The summed E-state index contributed by atoms with van der Waals surface area (Å²) in [6.07, 6.45) is 11.8. The third kappa shape index (κ3) is 2.13. The molecule has 0 atom stereocenters. The quantitative estimate of drug-likeness (QED) is 0.499. The zero-order valence-corrected chi connectivity index (χ0v) is 13.7. The minimum absolute atomic E-state index is 0.743. The van der Waals surface area contributed by atoms with E-state index < -0.39 is 0 Å². The molecule has 2 aliphatic rings. The smallest absolute Gasteiger partial charge is 0.142 e. The van der Waals surface area contributed by atoms with Crippen molar-refractivity contribution >= 4 is 21.7 Å². The summed E-state index contributed by atoms with van der Waals surface area (Å²) in [5, 5.41) is 4.18. The summed E-state index contributed by atoms with van der Waals surface area (Å²) in [6, 6.07) is 11.4. The van der Waals surface area contributed by atoms with Crippen LogP contribution in [-0.4, -0.2) is 0 Å². The average molecular weight is 304 g/mol. The van der Waals surface area contributed by atoms with Gasteiger partial charge in [0, 0.05) is 22.8 Å². The third-order valence-corrected chi connectivity index (χ3v) is 6.04. The van der Waals surface area contributed by atoms with Crippen LogP contribution in [0.4, 0.5) is 0 Å². The van der Waals surface area contributed by atoms with Crippen LogP contribution in [-0.2, 0) is 12.8 Å².